The van der Waals surface area contributed by atoms with Gasteiger partial charge in [0.05, 0.1) is 0 Å². The lowest BCUT2D eigenvalue weighted by atomic mass is 10.0. The zero-order valence-corrected chi connectivity index (χ0v) is 17.6. The number of aryl methyl sites for hydroxylation is 1. The molecule has 0 radical (unpaired) electrons. The number of sulfonamides is 1. The molecule has 2 aromatic heterocycles. The Hall–Kier alpha value is -2.20. The molecular formula is C20H22N2O5S2. The number of thiophene rings is 1. The lowest BCUT2D eigenvalue weighted by molar-refractivity contribution is 0.200. The maximum atomic E-state index is 12.4. The number of phenolic OH excluding ortho intramolecular Hbond substituents is 1. The molecule has 154 valence electrons. The highest BCUT2D eigenvalue weighted by Crippen LogP contribution is 2.28. The van der Waals surface area contributed by atoms with E-state index in [1.807, 2.05) is 0 Å². The first-order valence-corrected chi connectivity index (χ1v) is 11.7. The monoisotopic (exact) mass is 434 g/mol. The molecule has 1 aromatic carbocycles. The number of piperidine rings is 1. The fourth-order valence-electron chi connectivity index (χ4n) is 3.69. The largest absolute Gasteiger partial charge is 0.508 e. The van der Waals surface area contributed by atoms with Crippen LogP contribution in [0.3, 0.4) is 0 Å². The minimum absolute atomic E-state index is 0.0941. The summed E-state index contributed by atoms with van der Waals surface area (Å²) in [5.41, 5.74) is 1.35. The zero-order chi connectivity index (χ0) is 20.6. The van der Waals surface area contributed by atoms with E-state index < -0.39 is 15.6 Å². The van der Waals surface area contributed by atoms with Crippen molar-refractivity contribution in [3.63, 3.8) is 0 Å². The normalized spacial score (nSPS) is 16.4. The topological polar surface area (TPSA) is 99.9 Å². The van der Waals surface area contributed by atoms with Crippen LogP contribution in [0.25, 0.3) is 11.0 Å². The average molecular weight is 435 g/mol. The number of aromatic hydroxyl groups is 1. The van der Waals surface area contributed by atoms with E-state index in [0.29, 0.717) is 34.7 Å². The summed E-state index contributed by atoms with van der Waals surface area (Å²) in [6.45, 7) is 3.72. The van der Waals surface area contributed by atoms with Crippen LogP contribution in [-0.2, 0) is 16.6 Å². The summed E-state index contributed by atoms with van der Waals surface area (Å²) in [4.78, 5) is 14.2. The van der Waals surface area contributed by atoms with E-state index in [-0.39, 0.29) is 11.8 Å². The van der Waals surface area contributed by atoms with E-state index in [0.717, 1.165) is 24.0 Å². The van der Waals surface area contributed by atoms with E-state index in [2.05, 4.69) is 9.62 Å². The van der Waals surface area contributed by atoms with E-state index in [4.69, 9.17) is 4.42 Å². The van der Waals surface area contributed by atoms with Crippen molar-refractivity contribution in [1.82, 2.24) is 9.62 Å². The van der Waals surface area contributed by atoms with Crippen molar-refractivity contribution < 1.29 is 17.9 Å². The van der Waals surface area contributed by atoms with Crippen molar-refractivity contribution in [1.29, 1.82) is 0 Å². The number of hydrogen-bond donors (Lipinski definition) is 2. The lowest BCUT2D eigenvalue weighted by Crippen LogP contribution is -2.44. The van der Waals surface area contributed by atoms with E-state index >= 15 is 0 Å². The number of benzene rings is 1. The first-order valence-electron chi connectivity index (χ1n) is 9.37. The van der Waals surface area contributed by atoms with Crippen LogP contribution in [-0.4, -0.2) is 37.6 Å². The summed E-state index contributed by atoms with van der Waals surface area (Å²) in [5.74, 6) is 0.0941. The van der Waals surface area contributed by atoms with Crippen molar-refractivity contribution in [3.05, 3.63) is 57.3 Å². The summed E-state index contributed by atoms with van der Waals surface area (Å²) in [7, 11) is -3.46. The Bertz CT molecular complexity index is 1180. The van der Waals surface area contributed by atoms with Gasteiger partial charge in [-0.15, -0.1) is 11.3 Å². The molecule has 4 rings (SSSR count). The van der Waals surface area contributed by atoms with Gasteiger partial charge < -0.3 is 9.52 Å². The van der Waals surface area contributed by atoms with Crippen LogP contribution in [0.15, 0.2) is 49.1 Å². The van der Waals surface area contributed by atoms with Crippen molar-refractivity contribution >= 4 is 32.3 Å². The number of rotatable bonds is 5. The third-order valence-corrected chi connectivity index (χ3v) is 8.20. The zero-order valence-electron chi connectivity index (χ0n) is 15.9. The van der Waals surface area contributed by atoms with Gasteiger partial charge in [-0.3, -0.25) is 4.90 Å². The Morgan fingerprint density at radius 2 is 2.03 bits per heavy atom. The smallest absolute Gasteiger partial charge is 0.336 e. The van der Waals surface area contributed by atoms with Crippen LogP contribution in [0.5, 0.6) is 5.75 Å². The number of fused-ring (bicyclic) bond motifs is 1. The summed E-state index contributed by atoms with van der Waals surface area (Å²) in [6, 6.07) is 8.09. The highest BCUT2D eigenvalue weighted by atomic mass is 32.2. The summed E-state index contributed by atoms with van der Waals surface area (Å²) < 4.78 is 33.2. The van der Waals surface area contributed by atoms with Crippen LogP contribution in [0.4, 0.5) is 0 Å². The molecule has 9 heteroatoms. The van der Waals surface area contributed by atoms with Crippen LogP contribution < -0.4 is 10.3 Å². The SMILES string of the molecule is Cc1c(O)ccc2c(CN3CCC(NS(=O)(=O)c4cccs4)CC3)cc(=O)oc12. The van der Waals surface area contributed by atoms with Crippen LogP contribution in [0, 0.1) is 6.92 Å². The van der Waals surface area contributed by atoms with Gasteiger partial charge in [-0.25, -0.2) is 17.9 Å². The third kappa shape index (κ3) is 4.23. The fourth-order valence-corrected chi connectivity index (χ4v) is 6.00. The lowest BCUT2D eigenvalue weighted by Gasteiger charge is -2.32. The van der Waals surface area contributed by atoms with Gasteiger partial charge in [-0.2, -0.15) is 0 Å². The van der Waals surface area contributed by atoms with Gasteiger partial charge in [-0.1, -0.05) is 6.07 Å². The van der Waals surface area contributed by atoms with Gasteiger partial charge in [0, 0.05) is 42.7 Å². The van der Waals surface area contributed by atoms with E-state index in [1.54, 1.807) is 36.6 Å². The standard InChI is InChI=1S/C20H22N2O5S2/c1-13-17(23)5-4-16-14(11-18(24)27-20(13)16)12-22-8-6-15(7-9-22)21-29(25,26)19-3-2-10-28-19/h2-5,10-11,15,21,23H,6-9,12H2,1H3. The van der Waals surface area contributed by atoms with E-state index in [9.17, 15) is 18.3 Å². The molecule has 0 aliphatic carbocycles. The summed E-state index contributed by atoms with van der Waals surface area (Å²) >= 11 is 1.21. The maximum Gasteiger partial charge on any atom is 0.336 e. The number of nitrogens with one attached hydrogen (secondary N) is 1. The van der Waals surface area contributed by atoms with Crippen LogP contribution in [0.2, 0.25) is 0 Å². The highest BCUT2D eigenvalue weighted by Gasteiger charge is 2.25. The molecule has 3 aromatic rings. The third-order valence-electron chi connectivity index (χ3n) is 5.28. The second-order valence-corrected chi connectivity index (χ2v) is 10.2. The van der Waals surface area contributed by atoms with Gasteiger partial charge in [0.1, 0.15) is 15.5 Å². The molecule has 0 atom stereocenters. The van der Waals surface area contributed by atoms with Crippen molar-refractivity contribution in [3.8, 4) is 5.75 Å². The summed E-state index contributed by atoms with van der Waals surface area (Å²) in [6.07, 6.45) is 1.40. The van der Waals surface area contributed by atoms with Gasteiger partial charge >= 0.3 is 5.63 Å². The number of hydrogen-bond acceptors (Lipinski definition) is 7. The Morgan fingerprint density at radius 3 is 2.72 bits per heavy atom. The van der Waals surface area contributed by atoms with Crippen molar-refractivity contribution in [2.24, 2.45) is 0 Å². The Balaban J connectivity index is 1.45. The molecule has 1 fully saturated rings. The van der Waals surface area contributed by atoms with Gasteiger partial charge in [0.25, 0.3) is 0 Å². The first kappa shape index (κ1) is 20.1. The average Bonchev–Trinajstić information content (AvgIpc) is 3.22. The predicted octanol–water partition coefficient (Wildman–Crippen LogP) is 2.81. The molecule has 1 aliphatic rings. The Kier molecular flexibility index (Phi) is 5.48. The predicted molar refractivity (Wildman–Crippen MR) is 112 cm³/mol. The quantitative estimate of drug-likeness (QED) is 0.599. The van der Waals surface area contributed by atoms with Gasteiger partial charge in [0.2, 0.25) is 10.0 Å². The van der Waals surface area contributed by atoms with Gasteiger partial charge in [-0.05, 0) is 48.9 Å². The minimum atomic E-state index is -3.46. The molecule has 1 saturated heterocycles. The molecule has 29 heavy (non-hydrogen) atoms. The number of nitrogens with zero attached hydrogens (tertiary/aromatic N) is 1. The van der Waals surface area contributed by atoms with Crippen LogP contribution in [0.1, 0.15) is 24.0 Å². The minimum Gasteiger partial charge on any atom is -0.508 e. The second kappa shape index (κ2) is 7.91. The Morgan fingerprint density at radius 1 is 1.28 bits per heavy atom. The molecule has 0 unspecified atom stereocenters. The molecule has 0 amide bonds. The fraction of sp³-hybridized carbons (Fsp3) is 0.350. The van der Waals surface area contributed by atoms with Crippen LogP contribution >= 0.6 is 11.3 Å². The molecular weight excluding hydrogens is 412 g/mol. The number of phenols is 1. The molecule has 1 aliphatic heterocycles. The number of likely N-dealkylation sites (tertiary alicyclic amines) is 1. The van der Waals surface area contributed by atoms with E-state index in [1.165, 1.54) is 17.4 Å². The van der Waals surface area contributed by atoms with Crippen molar-refractivity contribution in [2.75, 3.05) is 13.1 Å². The van der Waals surface area contributed by atoms with Crippen molar-refractivity contribution in [2.45, 2.75) is 36.6 Å². The van der Waals surface area contributed by atoms with Gasteiger partial charge in [0.15, 0.2) is 0 Å². The molecule has 3 heterocycles. The molecule has 2 N–H and O–H groups in total. The molecule has 0 spiro atoms. The molecule has 0 bridgehead atoms. The maximum absolute atomic E-state index is 12.4. The second-order valence-electron chi connectivity index (χ2n) is 7.28. The molecule has 0 saturated carbocycles. The first-order chi connectivity index (χ1) is 13.8. The highest BCUT2D eigenvalue weighted by molar-refractivity contribution is 7.91. The Labute approximate surface area is 172 Å². The molecule has 7 nitrogen and oxygen atoms in total. The summed E-state index contributed by atoms with van der Waals surface area (Å²) in [5, 5.41) is 12.4.